The molecule has 0 saturated heterocycles. The van der Waals surface area contributed by atoms with Gasteiger partial charge in [0.1, 0.15) is 5.75 Å². The number of benzene rings is 2. The van der Waals surface area contributed by atoms with E-state index >= 15 is 0 Å². The maximum Gasteiger partial charge on any atom is 0.319 e. The van der Waals surface area contributed by atoms with Gasteiger partial charge in [-0.25, -0.2) is 13.2 Å². The van der Waals surface area contributed by atoms with Gasteiger partial charge in [0.25, 0.3) is 0 Å². The Bertz CT molecular complexity index is 958. The zero-order valence-corrected chi connectivity index (χ0v) is 17.6. The predicted octanol–water partition coefficient (Wildman–Crippen LogP) is 3.16. The summed E-state index contributed by atoms with van der Waals surface area (Å²) in [7, 11) is -1.66. The van der Waals surface area contributed by atoms with Crippen LogP contribution in [0.5, 0.6) is 5.75 Å². The fourth-order valence-electron chi connectivity index (χ4n) is 3.37. The maximum atomic E-state index is 12.3. The summed E-state index contributed by atoms with van der Waals surface area (Å²) in [5.74, 6) is 0.875. The highest BCUT2D eigenvalue weighted by atomic mass is 32.2. The van der Waals surface area contributed by atoms with Crippen molar-refractivity contribution in [2.24, 2.45) is 0 Å². The molecule has 8 heteroatoms. The van der Waals surface area contributed by atoms with Crippen molar-refractivity contribution >= 4 is 27.4 Å². The van der Waals surface area contributed by atoms with Gasteiger partial charge in [0.05, 0.1) is 18.6 Å². The number of rotatable bonds is 7. The fraction of sp³-hybridized carbons (Fsp3) is 0.381. The van der Waals surface area contributed by atoms with E-state index in [1.165, 1.54) is 4.31 Å². The molecule has 2 N–H and O–H groups in total. The Labute approximate surface area is 172 Å². The van der Waals surface area contributed by atoms with Crippen LogP contribution in [0.15, 0.2) is 42.5 Å². The molecule has 1 heterocycles. The number of carbonyl (C=O) groups excluding carboxylic acids is 1. The van der Waals surface area contributed by atoms with Crippen LogP contribution in [-0.4, -0.2) is 40.4 Å². The lowest BCUT2D eigenvalue weighted by Gasteiger charge is -2.30. The van der Waals surface area contributed by atoms with Gasteiger partial charge in [-0.05, 0) is 67.6 Å². The van der Waals surface area contributed by atoms with Gasteiger partial charge < -0.3 is 15.4 Å². The standard InChI is InChI=1S/C21H27N3O4S/c1-3-29(26,27)24-14-4-5-17-15-18(8-11-20(17)24)23-21(25)22-13-12-16-6-9-19(28-2)10-7-16/h6-11,15H,3-5,12-14H2,1-2H3,(H2,22,23,25). The number of amides is 2. The lowest BCUT2D eigenvalue weighted by atomic mass is 10.0. The van der Waals surface area contributed by atoms with Crippen molar-refractivity contribution < 1.29 is 17.9 Å². The van der Waals surface area contributed by atoms with E-state index in [1.807, 2.05) is 30.3 Å². The minimum Gasteiger partial charge on any atom is -0.497 e. The summed E-state index contributed by atoms with van der Waals surface area (Å²) in [6.45, 7) is 2.66. The highest BCUT2D eigenvalue weighted by Crippen LogP contribution is 2.31. The van der Waals surface area contributed by atoms with Crippen LogP contribution < -0.4 is 19.7 Å². The summed E-state index contributed by atoms with van der Waals surface area (Å²) < 4.78 is 31.2. The van der Waals surface area contributed by atoms with Crippen LogP contribution in [0.25, 0.3) is 0 Å². The van der Waals surface area contributed by atoms with Crippen molar-refractivity contribution in [3.05, 3.63) is 53.6 Å². The molecule has 1 aliphatic heterocycles. The number of nitrogens with one attached hydrogen (secondary N) is 2. The van der Waals surface area contributed by atoms with Gasteiger partial charge in [-0.15, -0.1) is 0 Å². The number of anilines is 2. The second-order valence-corrected chi connectivity index (χ2v) is 9.08. The van der Waals surface area contributed by atoms with E-state index < -0.39 is 10.0 Å². The first-order chi connectivity index (χ1) is 13.9. The van der Waals surface area contributed by atoms with E-state index in [9.17, 15) is 13.2 Å². The van der Waals surface area contributed by atoms with Crippen LogP contribution in [0.2, 0.25) is 0 Å². The van der Waals surface area contributed by atoms with Crippen LogP contribution in [0.1, 0.15) is 24.5 Å². The van der Waals surface area contributed by atoms with Gasteiger partial charge in [-0.3, -0.25) is 4.31 Å². The van der Waals surface area contributed by atoms with Gasteiger partial charge in [0, 0.05) is 18.8 Å². The molecule has 0 aliphatic carbocycles. The molecule has 0 atom stereocenters. The summed E-state index contributed by atoms with van der Waals surface area (Å²) in [5.41, 5.74) is 3.41. The zero-order chi connectivity index (χ0) is 20.9. The Balaban J connectivity index is 1.57. The number of nitrogens with zero attached hydrogens (tertiary/aromatic N) is 1. The maximum absolute atomic E-state index is 12.3. The number of aryl methyl sites for hydroxylation is 1. The third-order valence-corrected chi connectivity index (χ3v) is 6.75. The second kappa shape index (κ2) is 9.17. The van der Waals surface area contributed by atoms with Gasteiger partial charge in [0.2, 0.25) is 10.0 Å². The zero-order valence-electron chi connectivity index (χ0n) is 16.8. The number of ether oxygens (including phenoxy) is 1. The summed E-state index contributed by atoms with van der Waals surface area (Å²) in [4.78, 5) is 12.2. The smallest absolute Gasteiger partial charge is 0.319 e. The number of urea groups is 1. The molecular weight excluding hydrogens is 390 g/mol. The number of hydrogen-bond acceptors (Lipinski definition) is 4. The van der Waals surface area contributed by atoms with E-state index in [0.29, 0.717) is 30.9 Å². The molecule has 29 heavy (non-hydrogen) atoms. The average Bonchev–Trinajstić information content (AvgIpc) is 2.73. The van der Waals surface area contributed by atoms with E-state index in [1.54, 1.807) is 26.2 Å². The summed E-state index contributed by atoms with van der Waals surface area (Å²) in [6, 6.07) is 12.8. The fourth-order valence-corrected chi connectivity index (χ4v) is 4.57. The normalized spacial score (nSPS) is 13.5. The molecular formula is C21H27N3O4S. The molecule has 3 rings (SSSR count). The highest BCUT2D eigenvalue weighted by molar-refractivity contribution is 7.92. The van der Waals surface area contributed by atoms with E-state index in [4.69, 9.17) is 4.74 Å². The van der Waals surface area contributed by atoms with Gasteiger partial charge in [-0.1, -0.05) is 12.1 Å². The summed E-state index contributed by atoms with van der Waals surface area (Å²) in [5, 5.41) is 5.67. The quantitative estimate of drug-likeness (QED) is 0.724. The molecule has 2 amide bonds. The number of fused-ring (bicyclic) bond motifs is 1. The van der Waals surface area contributed by atoms with E-state index in [0.717, 1.165) is 29.7 Å². The SMILES string of the molecule is CCS(=O)(=O)N1CCCc2cc(NC(=O)NCCc3ccc(OC)cc3)ccc21. The highest BCUT2D eigenvalue weighted by Gasteiger charge is 2.26. The molecule has 0 aromatic heterocycles. The Morgan fingerprint density at radius 1 is 1.17 bits per heavy atom. The Hall–Kier alpha value is -2.74. The molecule has 7 nitrogen and oxygen atoms in total. The van der Waals surface area contributed by atoms with Crippen LogP contribution in [-0.2, 0) is 22.9 Å². The molecule has 0 radical (unpaired) electrons. The minimum atomic E-state index is -3.29. The topological polar surface area (TPSA) is 87.7 Å². The molecule has 156 valence electrons. The van der Waals surface area contributed by atoms with Crippen molar-refractivity contribution in [3.8, 4) is 5.75 Å². The first-order valence-electron chi connectivity index (χ1n) is 9.74. The molecule has 0 saturated carbocycles. The van der Waals surface area contributed by atoms with Gasteiger partial charge in [-0.2, -0.15) is 0 Å². The summed E-state index contributed by atoms with van der Waals surface area (Å²) in [6.07, 6.45) is 2.27. The van der Waals surface area contributed by atoms with Crippen LogP contribution in [0.4, 0.5) is 16.2 Å². The van der Waals surface area contributed by atoms with Crippen LogP contribution in [0.3, 0.4) is 0 Å². The molecule has 1 aliphatic rings. The number of methoxy groups -OCH3 is 1. The minimum absolute atomic E-state index is 0.0725. The summed E-state index contributed by atoms with van der Waals surface area (Å²) >= 11 is 0. The molecule has 2 aromatic carbocycles. The predicted molar refractivity (Wildman–Crippen MR) is 115 cm³/mol. The van der Waals surface area contributed by atoms with Gasteiger partial charge in [0.15, 0.2) is 0 Å². The molecule has 0 unspecified atom stereocenters. The first kappa shape index (κ1) is 21.0. The number of sulfonamides is 1. The van der Waals surface area contributed by atoms with Crippen LogP contribution in [0, 0.1) is 0 Å². The third kappa shape index (κ3) is 5.20. The third-order valence-electron chi connectivity index (χ3n) is 4.97. The van der Waals surface area contributed by atoms with Crippen molar-refractivity contribution in [3.63, 3.8) is 0 Å². The van der Waals surface area contributed by atoms with Crippen LogP contribution >= 0.6 is 0 Å². The molecule has 0 fully saturated rings. The van der Waals surface area contributed by atoms with E-state index in [2.05, 4.69) is 10.6 Å². The largest absolute Gasteiger partial charge is 0.497 e. The molecule has 0 spiro atoms. The second-order valence-electron chi connectivity index (χ2n) is 6.90. The molecule has 0 bridgehead atoms. The molecule has 2 aromatic rings. The number of hydrogen-bond donors (Lipinski definition) is 2. The van der Waals surface area contributed by atoms with E-state index in [-0.39, 0.29) is 11.8 Å². The number of carbonyl (C=O) groups is 1. The van der Waals surface area contributed by atoms with Crippen molar-refractivity contribution in [1.82, 2.24) is 5.32 Å². The Kier molecular flexibility index (Phi) is 6.64. The average molecular weight is 418 g/mol. The van der Waals surface area contributed by atoms with Gasteiger partial charge >= 0.3 is 6.03 Å². The van der Waals surface area contributed by atoms with Crippen molar-refractivity contribution in [1.29, 1.82) is 0 Å². The lowest BCUT2D eigenvalue weighted by Crippen LogP contribution is -2.36. The first-order valence-corrected chi connectivity index (χ1v) is 11.3. The monoisotopic (exact) mass is 417 g/mol. The Morgan fingerprint density at radius 2 is 1.93 bits per heavy atom. The Morgan fingerprint density at radius 3 is 2.62 bits per heavy atom. The lowest BCUT2D eigenvalue weighted by molar-refractivity contribution is 0.252. The van der Waals surface area contributed by atoms with Crippen molar-refractivity contribution in [2.45, 2.75) is 26.2 Å². The van der Waals surface area contributed by atoms with Crippen molar-refractivity contribution in [2.75, 3.05) is 35.6 Å².